The molecule has 0 aromatic heterocycles. The molecule has 0 atom stereocenters. The van der Waals surface area contributed by atoms with Gasteiger partial charge in [0, 0.05) is 16.3 Å². The molecule has 1 N–H and O–H groups in total. The Labute approximate surface area is 175 Å². The molecule has 0 aliphatic carbocycles. The Bertz CT molecular complexity index is 946. The van der Waals surface area contributed by atoms with Gasteiger partial charge in [0.05, 0.1) is 4.47 Å². The molecule has 3 rings (SSSR count). The quantitative estimate of drug-likeness (QED) is 0.458. The fourth-order valence-corrected chi connectivity index (χ4v) is 4.28. The number of phenols is 1. The summed E-state index contributed by atoms with van der Waals surface area (Å²) in [6.07, 6.45) is 1.55. The zero-order chi connectivity index (χ0) is 19.4. The number of aliphatic imine (C=N–C) groups is 1. The molecular formula is C22H17Br2NO2. The van der Waals surface area contributed by atoms with Crippen LogP contribution in [0.1, 0.15) is 23.6 Å². The summed E-state index contributed by atoms with van der Waals surface area (Å²) in [5.74, 6) is -0.0368. The number of nitrogens with zero attached hydrogens (tertiary/aromatic N) is 1. The summed E-state index contributed by atoms with van der Waals surface area (Å²) in [5, 5.41) is 10.4. The van der Waals surface area contributed by atoms with Crippen LogP contribution >= 0.6 is 31.9 Å². The number of hydrogen-bond acceptors (Lipinski definition) is 3. The standard InChI is InChI=1S/C22H17Br2NO2/c1-15(26)22(17-8-4-2-5-9-17,18-10-6-3-7-11-18)25-14-16-12-19(23)13-20(24)21(16)27/h2-14,27H,1H3. The molecule has 27 heavy (non-hydrogen) atoms. The number of rotatable bonds is 5. The smallest absolute Gasteiger partial charge is 0.168 e. The van der Waals surface area contributed by atoms with E-state index in [-0.39, 0.29) is 11.5 Å². The number of benzene rings is 3. The molecule has 0 radical (unpaired) electrons. The van der Waals surface area contributed by atoms with E-state index in [1.807, 2.05) is 60.7 Å². The zero-order valence-electron chi connectivity index (χ0n) is 14.6. The van der Waals surface area contributed by atoms with Gasteiger partial charge in [0.1, 0.15) is 5.75 Å². The highest BCUT2D eigenvalue weighted by Crippen LogP contribution is 2.36. The van der Waals surface area contributed by atoms with Crippen molar-refractivity contribution in [2.75, 3.05) is 0 Å². The molecule has 0 aliphatic heterocycles. The van der Waals surface area contributed by atoms with Gasteiger partial charge in [0.25, 0.3) is 0 Å². The van der Waals surface area contributed by atoms with E-state index in [4.69, 9.17) is 4.99 Å². The molecule has 0 saturated heterocycles. The molecule has 0 spiro atoms. The van der Waals surface area contributed by atoms with Gasteiger partial charge in [-0.25, -0.2) is 0 Å². The first-order chi connectivity index (χ1) is 12.9. The summed E-state index contributed by atoms with van der Waals surface area (Å²) in [4.78, 5) is 17.6. The highest BCUT2D eigenvalue weighted by atomic mass is 79.9. The number of hydrogen-bond donors (Lipinski definition) is 1. The van der Waals surface area contributed by atoms with Crippen LogP contribution in [0, 0.1) is 0 Å². The lowest BCUT2D eigenvalue weighted by atomic mass is 9.80. The molecule has 3 aromatic carbocycles. The van der Waals surface area contributed by atoms with Gasteiger partial charge in [-0.3, -0.25) is 9.79 Å². The second-order valence-corrected chi connectivity index (χ2v) is 7.85. The first-order valence-electron chi connectivity index (χ1n) is 8.30. The maximum atomic E-state index is 12.9. The molecule has 0 bridgehead atoms. The molecule has 0 saturated carbocycles. The monoisotopic (exact) mass is 485 g/mol. The Morgan fingerprint density at radius 2 is 1.48 bits per heavy atom. The lowest BCUT2D eigenvalue weighted by Gasteiger charge is -2.28. The van der Waals surface area contributed by atoms with Crippen LogP contribution in [0.2, 0.25) is 0 Å². The Balaban J connectivity index is 2.24. The highest BCUT2D eigenvalue weighted by Gasteiger charge is 2.38. The zero-order valence-corrected chi connectivity index (χ0v) is 17.7. The second-order valence-electron chi connectivity index (χ2n) is 6.08. The average Bonchev–Trinajstić information content (AvgIpc) is 2.67. The first kappa shape index (κ1) is 19.5. The van der Waals surface area contributed by atoms with E-state index in [0.29, 0.717) is 10.0 Å². The van der Waals surface area contributed by atoms with Crippen molar-refractivity contribution in [2.24, 2.45) is 4.99 Å². The molecule has 136 valence electrons. The number of halogens is 2. The van der Waals surface area contributed by atoms with E-state index in [1.54, 1.807) is 18.3 Å². The van der Waals surface area contributed by atoms with E-state index in [0.717, 1.165) is 15.6 Å². The second kappa shape index (κ2) is 8.19. The van der Waals surface area contributed by atoms with Crippen LogP contribution in [0.4, 0.5) is 0 Å². The molecule has 3 aromatic rings. The summed E-state index contributed by atoms with van der Waals surface area (Å²) >= 11 is 6.74. The van der Waals surface area contributed by atoms with Crippen LogP contribution in [-0.4, -0.2) is 17.1 Å². The average molecular weight is 487 g/mol. The topological polar surface area (TPSA) is 49.7 Å². The van der Waals surface area contributed by atoms with Crippen molar-refractivity contribution in [3.05, 3.63) is 98.4 Å². The molecule has 0 amide bonds. The maximum absolute atomic E-state index is 12.9. The Hall–Kier alpha value is -2.24. The predicted octanol–water partition coefficient (Wildman–Crippen LogP) is 5.87. The van der Waals surface area contributed by atoms with Crippen molar-refractivity contribution < 1.29 is 9.90 Å². The lowest BCUT2D eigenvalue weighted by molar-refractivity contribution is -0.120. The van der Waals surface area contributed by atoms with Crippen LogP contribution in [0.3, 0.4) is 0 Å². The highest BCUT2D eigenvalue weighted by molar-refractivity contribution is 9.11. The van der Waals surface area contributed by atoms with Gasteiger partial charge >= 0.3 is 0 Å². The predicted molar refractivity (Wildman–Crippen MR) is 115 cm³/mol. The third-order valence-electron chi connectivity index (χ3n) is 4.35. The number of ketones is 1. The van der Waals surface area contributed by atoms with Gasteiger partial charge < -0.3 is 5.11 Å². The van der Waals surface area contributed by atoms with Crippen LogP contribution in [0.5, 0.6) is 5.75 Å². The van der Waals surface area contributed by atoms with Gasteiger partial charge in [-0.1, -0.05) is 76.6 Å². The van der Waals surface area contributed by atoms with Crippen molar-refractivity contribution in [3.63, 3.8) is 0 Å². The maximum Gasteiger partial charge on any atom is 0.168 e. The summed E-state index contributed by atoms with van der Waals surface area (Å²) in [6.45, 7) is 1.54. The van der Waals surface area contributed by atoms with E-state index in [9.17, 15) is 9.90 Å². The molecule has 0 fully saturated rings. The lowest BCUT2D eigenvalue weighted by Crippen LogP contribution is -2.33. The SMILES string of the molecule is CC(=O)C(N=Cc1cc(Br)cc(Br)c1O)(c1ccccc1)c1ccccc1. The van der Waals surface area contributed by atoms with Gasteiger partial charge in [0.15, 0.2) is 11.3 Å². The first-order valence-corrected chi connectivity index (χ1v) is 9.89. The number of carbonyl (C=O) groups is 1. The number of phenolic OH excluding ortho intramolecular Hbond substituents is 1. The summed E-state index contributed by atoms with van der Waals surface area (Å²) in [7, 11) is 0. The van der Waals surface area contributed by atoms with Crippen molar-refractivity contribution >= 4 is 43.9 Å². The Morgan fingerprint density at radius 3 is 1.96 bits per heavy atom. The normalized spacial score (nSPS) is 11.7. The Kier molecular flexibility index (Phi) is 5.92. The summed E-state index contributed by atoms with van der Waals surface area (Å²) in [6, 6.07) is 22.4. The van der Waals surface area contributed by atoms with Crippen molar-refractivity contribution in [3.8, 4) is 5.75 Å². The van der Waals surface area contributed by atoms with Crippen molar-refractivity contribution in [2.45, 2.75) is 12.5 Å². The summed E-state index contributed by atoms with van der Waals surface area (Å²) < 4.78 is 1.34. The van der Waals surface area contributed by atoms with Gasteiger partial charge in [-0.15, -0.1) is 0 Å². The fraction of sp³-hybridized carbons (Fsp3) is 0.0909. The van der Waals surface area contributed by atoms with Gasteiger partial charge in [0.2, 0.25) is 0 Å². The number of aromatic hydroxyl groups is 1. The summed E-state index contributed by atoms with van der Waals surface area (Å²) in [5.41, 5.74) is 0.861. The van der Waals surface area contributed by atoms with E-state index in [1.165, 1.54) is 6.92 Å². The van der Waals surface area contributed by atoms with Crippen LogP contribution < -0.4 is 0 Å². The van der Waals surface area contributed by atoms with Crippen LogP contribution in [0.15, 0.2) is 86.7 Å². The van der Waals surface area contributed by atoms with Gasteiger partial charge in [-0.2, -0.15) is 0 Å². The van der Waals surface area contributed by atoms with E-state index < -0.39 is 5.54 Å². The van der Waals surface area contributed by atoms with Crippen LogP contribution in [0.25, 0.3) is 0 Å². The Morgan fingerprint density at radius 1 is 0.963 bits per heavy atom. The molecular weight excluding hydrogens is 470 g/mol. The van der Waals surface area contributed by atoms with Crippen LogP contribution in [-0.2, 0) is 10.3 Å². The molecule has 3 nitrogen and oxygen atoms in total. The molecule has 0 heterocycles. The molecule has 5 heteroatoms. The van der Waals surface area contributed by atoms with E-state index in [2.05, 4.69) is 31.9 Å². The fourth-order valence-electron chi connectivity index (χ4n) is 3.02. The van der Waals surface area contributed by atoms with E-state index >= 15 is 0 Å². The minimum absolute atomic E-state index is 0.0699. The van der Waals surface area contributed by atoms with Crippen molar-refractivity contribution in [1.82, 2.24) is 0 Å². The van der Waals surface area contributed by atoms with Crippen molar-refractivity contribution in [1.29, 1.82) is 0 Å². The largest absolute Gasteiger partial charge is 0.506 e. The molecule has 0 aliphatic rings. The minimum Gasteiger partial charge on any atom is -0.506 e. The number of Topliss-reactive ketones (excluding diaryl/α,β-unsaturated/α-hetero) is 1. The minimum atomic E-state index is -1.19. The van der Waals surface area contributed by atoms with Gasteiger partial charge in [-0.05, 0) is 46.1 Å². The number of carbonyl (C=O) groups excluding carboxylic acids is 1. The molecule has 0 unspecified atom stereocenters. The third kappa shape index (κ3) is 3.89. The third-order valence-corrected chi connectivity index (χ3v) is 5.41.